The molecule has 2 aromatic heterocycles. The third-order valence-electron chi connectivity index (χ3n) is 9.24. The monoisotopic (exact) mass is 651 g/mol. The summed E-state index contributed by atoms with van der Waals surface area (Å²) in [6, 6.07) is 2.43. The van der Waals surface area contributed by atoms with Crippen molar-refractivity contribution in [1.82, 2.24) is 25.2 Å². The van der Waals surface area contributed by atoms with Crippen molar-refractivity contribution in [2.24, 2.45) is 0 Å². The van der Waals surface area contributed by atoms with E-state index in [-0.39, 0.29) is 68.8 Å². The van der Waals surface area contributed by atoms with Gasteiger partial charge in [-0.3, -0.25) is 4.90 Å². The molecule has 45 heavy (non-hydrogen) atoms. The largest absolute Gasteiger partial charge is 0.461 e. The zero-order chi connectivity index (χ0) is 31.8. The number of benzene rings is 2. The molecule has 2 aromatic carbocycles. The summed E-state index contributed by atoms with van der Waals surface area (Å²) in [4.78, 5) is 16.8. The average molecular weight is 652 g/mol. The number of nitrogens with zero attached hydrogens (tertiary/aromatic N) is 5. The van der Waals surface area contributed by atoms with E-state index in [1.54, 1.807) is 0 Å². The molecule has 3 N–H and O–H groups in total. The highest BCUT2D eigenvalue weighted by Crippen LogP contribution is 2.46. The first-order valence-corrected chi connectivity index (χ1v) is 15.6. The highest BCUT2D eigenvalue weighted by atomic mass is 32.1. The first-order chi connectivity index (χ1) is 21.3. The van der Waals surface area contributed by atoms with E-state index in [9.17, 15) is 22.0 Å². The molecule has 3 aliphatic rings. The van der Waals surface area contributed by atoms with Gasteiger partial charge in [-0.1, -0.05) is 11.3 Å². The molecule has 0 bridgehead atoms. The maximum Gasteiger partial charge on any atom is 0.417 e. The number of anilines is 2. The van der Waals surface area contributed by atoms with Crippen LogP contribution in [0.2, 0.25) is 0 Å². The molecule has 4 aromatic rings. The minimum Gasteiger partial charge on any atom is -0.461 e. The highest BCUT2D eigenvalue weighted by Gasteiger charge is 2.49. The zero-order valence-corrected chi connectivity index (χ0v) is 25.3. The van der Waals surface area contributed by atoms with Crippen LogP contribution in [-0.2, 0) is 6.18 Å². The number of nitrogens with one attached hydrogen (secondary N) is 1. The predicted molar refractivity (Wildman–Crippen MR) is 160 cm³/mol. The lowest BCUT2D eigenvalue weighted by Gasteiger charge is -2.39. The van der Waals surface area contributed by atoms with Gasteiger partial charge in [0.1, 0.15) is 29.9 Å². The van der Waals surface area contributed by atoms with Crippen LogP contribution in [0.5, 0.6) is 6.01 Å². The molecule has 3 aliphatic heterocycles. The van der Waals surface area contributed by atoms with Gasteiger partial charge in [0.2, 0.25) is 0 Å². The van der Waals surface area contributed by atoms with Gasteiger partial charge in [-0.2, -0.15) is 23.1 Å². The third-order valence-corrected chi connectivity index (χ3v) is 10.1. The SMILES string of the molecule is CC1CN(c2nc(OCC34CCCN3CC(F)C4)nc3c(F)c(-c4ccc(F)c5sc(N)nc45)c(C(F)(F)F)cc23)C(C)CN1. The number of alkyl halides is 4. The van der Waals surface area contributed by atoms with E-state index >= 15 is 4.39 Å². The van der Waals surface area contributed by atoms with Gasteiger partial charge in [-0.25, -0.2) is 18.2 Å². The number of hydrogen-bond donors (Lipinski definition) is 2. The Morgan fingerprint density at radius 3 is 2.71 bits per heavy atom. The molecule has 240 valence electrons. The molecule has 4 atom stereocenters. The van der Waals surface area contributed by atoms with Crippen LogP contribution >= 0.6 is 11.3 Å². The summed E-state index contributed by atoms with van der Waals surface area (Å²) < 4.78 is 96.1. The zero-order valence-electron chi connectivity index (χ0n) is 24.5. The molecular formula is C30H31F6N7OS. The second kappa shape index (κ2) is 10.8. The van der Waals surface area contributed by atoms with Gasteiger partial charge in [-0.15, -0.1) is 0 Å². The van der Waals surface area contributed by atoms with Crippen LogP contribution in [0.1, 0.15) is 38.7 Å². The Hall–Kier alpha value is -3.43. The lowest BCUT2D eigenvalue weighted by Crippen LogP contribution is -2.54. The minimum absolute atomic E-state index is 0.0321. The number of thiazole rings is 1. The molecule has 4 unspecified atom stereocenters. The molecule has 0 aliphatic carbocycles. The lowest BCUT2D eigenvalue weighted by atomic mass is 9.94. The standard InChI is InChI=1S/C30H31F6N7OS/c1-14-11-43(15(2)10-38-14)26-18-8-19(30(34,35)36)21(17-4-5-20(32)25-24(17)39-27(37)45-25)22(33)23(18)40-28(41-26)44-13-29-6-3-7-42(29)12-16(31)9-29/h4-5,8,14-16,38H,3,6-7,9-13H2,1-2H3,(H2,37,39). The Kier molecular flexibility index (Phi) is 7.28. The average Bonchev–Trinajstić information content (AvgIpc) is 3.65. The Morgan fingerprint density at radius 1 is 1.13 bits per heavy atom. The number of halogens is 6. The predicted octanol–water partition coefficient (Wildman–Crippen LogP) is 5.93. The Balaban J connectivity index is 1.44. The molecule has 0 radical (unpaired) electrons. The van der Waals surface area contributed by atoms with Crippen LogP contribution in [0.3, 0.4) is 0 Å². The maximum absolute atomic E-state index is 16.8. The van der Waals surface area contributed by atoms with Crippen molar-refractivity contribution in [2.45, 2.75) is 63.1 Å². The van der Waals surface area contributed by atoms with E-state index in [0.29, 0.717) is 26.1 Å². The van der Waals surface area contributed by atoms with E-state index in [1.807, 2.05) is 23.6 Å². The van der Waals surface area contributed by atoms with E-state index in [2.05, 4.69) is 20.3 Å². The van der Waals surface area contributed by atoms with Gasteiger partial charge in [0, 0.05) is 54.7 Å². The molecule has 8 nitrogen and oxygen atoms in total. The van der Waals surface area contributed by atoms with Gasteiger partial charge >= 0.3 is 12.2 Å². The van der Waals surface area contributed by atoms with E-state index < -0.39 is 40.6 Å². The molecule has 0 amide bonds. The van der Waals surface area contributed by atoms with Crippen LogP contribution in [0.15, 0.2) is 18.2 Å². The van der Waals surface area contributed by atoms with Crippen LogP contribution in [0.25, 0.3) is 32.2 Å². The van der Waals surface area contributed by atoms with Crippen molar-refractivity contribution in [3.8, 4) is 17.1 Å². The molecule has 3 saturated heterocycles. The second-order valence-corrected chi connectivity index (χ2v) is 13.4. The van der Waals surface area contributed by atoms with E-state index in [1.165, 1.54) is 0 Å². The van der Waals surface area contributed by atoms with Gasteiger partial charge in [0.05, 0.1) is 21.3 Å². The van der Waals surface area contributed by atoms with Gasteiger partial charge < -0.3 is 20.7 Å². The summed E-state index contributed by atoms with van der Waals surface area (Å²) in [7, 11) is 0. The van der Waals surface area contributed by atoms with Crippen LogP contribution in [0, 0.1) is 11.6 Å². The smallest absolute Gasteiger partial charge is 0.417 e. The van der Waals surface area contributed by atoms with Crippen molar-refractivity contribution >= 4 is 43.4 Å². The van der Waals surface area contributed by atoms with Crippen LogP contribution < -0.4 is 20.7 Å². The lowest BCUT2D eigenvalue weighted by molar-refractivity contribution is -0.137. The number of aromatic nitrogens is 3. The number of hydrogen-bond acceptors (Lipinski definition) is 9. The number of nitrogen functional groups attached to an aromatic ring is 1. The van der Waals surface area contributed by atoms with Gasteiger partial charge in [0.25, 0.3) is 0 Å². The van der Waals surface area contributed by atoms with Crippen molar-refractivity contribution in [2.75, 3.05) is 43.4 Å². The van der Waals surface area contributed by atoms with Crippen LogP contribution in [-0.4, -0.2) is 76.4 Å². The number of ether oxygens (including phenoxy) is 1. The van der Waals surface area contributed by atoms with Crippen molar-refractivity contribution in [1.29, 1.82) is 0 Å². The normalized spacial score (nSPS) is 25.9. The minimum atomic E-state index is -5.00. The van der Waals surface area contributed by atoms with Crippen LogP contribution in [0.4, 0.5) is 37.3 Å². The molecule has 7 rings (SSSR count). The van der Waals surface area contributed by atoms with Gasteiger partial charge in [0.15, 0.2) is 10.9 Å². The molecular weight excluding hydrogens is 620 g/mol. The molecule has 0 spiro atoms. The molecule has 5 heterocycles. The number of nitrogens with two attached hydrogens (primary N) is 1. The highest BCUT2D eigenvalue weighted by molar-refractivity contribution is 7.22. The first kappa shape index (κ1) is 30.2. The van der Waals surface area contributed by atoms with Crippen molar-refractivity contribution in [3.05, 3.63) is 35.4 Å². The number of piperazine rings is 1. The van der Waals surface area contributed by atoms with Crippen molar-refractivity contribution in [3.63, 3.8) is 0 Å². The molecule has 3 fully saturated rings. The first-order valence-electron chi connectivity index (χ1n) is 14.8. The van der Waals surface area contributed by atoms with Gasteiger partial charge in [-0.05, 0) is 51.4 Å². The number of rotatable bonds is 5. The van der Waals surface area contributed by atoms with E-state index in [0.717, 1.165) is 42.5 Å². The molecule has 0 saturated carbocycles. The van der Waals surface area contributed by atoms with Crippen molar-refractivity contribution < 1.29 is 31.1 Å². The summed E-state index contributed by atoms with van der Waals surface area (Å²) in [5.74, 6) is -1.90. The summed E-state index contributed by atoms with van der Waals surface area (Å²) in [5, 5.41) is 3.11. The fourth-order valence-electron chi connectivity index (χ4n) is 7.12. The number of fused-ring (bicyclic) bond motifs is 3. The maximum atomic E-state index is 16.8. The quantitative estimate of drug-likeness (QED) is 0.257. The summed E-state index contributed by atoms with van der Waals surface area (Å²) >= 11 is 0.759. The summed E-state index contributed by atoms with van der Waals surface area (Å²) in [6.45, 7) is 5.81. The summed E-state index contributed by atoms with van der Waals surface area (Å²) in [5.41, 5.74) is 2.31. The molecule has 15 heteroatoms. The fourth-order valence-corrected chi connectivity index (χ4v) is 7.88. The topological polar surface area (TPSA) is 92.4 Å². The second-order valence-electron chi connectivity index (χ2n) is 12.3. The fraction of sp³-hybridized carbons (Fsp3) is 0.500. The van der Waals surface area contributed by atoms with E-state index in [4.69, 9.17) is 10.5 Å². The summed E-state index contributed by atoms with van der Waals surface area (Å²) in [6.07, 6.45) is -4.13. The third kappa shape index (κ3) is 5.12. The Bertz CT molecular complexity index is 1800. The Labute approximate surface area is 258 Å². The Morgan fingerprint density at radius 2 is 1.93 bits per heavy atom.